The molecule has 25 heavy (non-hydrogen) atoms. The Balaban J connectivity index is 1.69. The van der Waals surface area contributed by atoms with Gasteiger partial charge in [-0.15, -0.1) is 10.2 Å². The molecule has 3 rings (SSSR count). The first-order valence-corrected chi connectivity index (χ1v) is 9.00. The van der Waals surface area contributed by atoms with Crippen LogP contribution in [0.25, 0.3) is 11.5 Å². The van der Waals surface area contributed by atoms with Crippen molar-refractivity contribution in [1.29, 1.82) is 5.26 Å². The Labute approximate surface area is 151 Å². The highest BCUT2D eigenvalue weighted by Crippen LogP contribution is 2.28. The Kier molecular flexibility index (Phi) is 4.91. The van der Waals surface area contributed by atoms with Crippen LogP contribution in [-0.2, 0) is 11.2 Å². The van der Waals surface area contributed by atoms with Crippen LogP contribution < -0.4 is 0 Å². The molecule has 5 heteroatoms. The summed E-state index contributed by atoms with van der Waals surface area (Å²) >= 11 is 1.47. The van der Waals surface area contributed by atoms with E-state index in [-0.39, 0.29) is 5.41 Å². The summed E-state index contributed by atoms with van der Waals surface area (Å²) in [4.78, 5) is 0. The van der Waals surface area contributed by atoms with Crippen molar-refractivity contribution in [3.63, 3.8) is 0 Å². The molecular formula is C20H19N3OS. The molecular weight excluding hydrogens is 330 g/mol. The minimum Gasteiger partial charge on any atom is -0.411 e. The molecule has 0 aliphatic heterocycles. The van der Waals surface area contributed by atoms with E-state index in [0.29, 0.717) is 22.4 Å². The van der Waals surface area contributed by atoms with Crippen LogP contribution in [0.15, 0.2) is 58.2 Å². The second-order valence-electron chi connectivity index (χ2n) is 6.80. The lowest BCUT2D eigenvalue weighted by atomic mass is 9.87. The summed E-state index contributed by atoms with van der Waals surface area (Å²) in [6, 6.07) is 17.9. The molecule has 3 aromatic rings. The third-order valence-electron chi connectivity index (χ3n) is 3.82. The third kappa shape index (κ3) is 4.28. The van der Waals surface area contributed by atoms with Gasteiger partial charge in [-0.1, -0.05) is 56.8 Å². The SMILES string of the molecule is CC(C)(C)c1ccc(-c2nnc(SCc3cccc(C#N)c3)o2)cc1. The summed E-state index contributed by atoms with van der Waals surface area (Å²) in [7, 11) is 0. The van der Waals surface area contributed by atoms with E-state index >= 15 is 0 Å². The zero-order valence-electron chi connectivity index (χ0n) is 14.5. The van der Waals surface area contributed by atoms with E-state index in [0.717, 1.165) is 11.1 Å². The number of thioether (sulfide) groups is 1. The minimum absolute atomic E-state index is 0.117. The highest BCUT2D eigenvalue weighted by atomic mass is 32.2. The molecule has 0 amide bonds. The van der Waals surface area contributed by atoms with Crippen LogP contribution in [0, 0.1) is 11.3 Å². The molecule has 2 aromatic carbocycles. The van der Waals surface area contributed by atoms with Crippen LogP contribution in [0.2, 0.25) is 0 Å². The predicted octanol–water partition coefficient (Wildman–Crippen LogP) is 5.20. The fourth-order valence-corrected chi connectivity index (χ4v) is 3.08. The Morgan fingerprint density at radius 2 is 1.84 bits per heavy atom. The van der Waals surface area contributed by atoms with Crippen molar-refractivity contribution >= 4 is 11.8 Å². The lowest BCUT2D eigenvalue weighted by Gasteiger charge is -2.18. The van der Waals surface area contributed by atoms with Crippen LogP contribution in [0.5, 0.6) is 0 Å². The maximum absolute atomic E-state index is 8.95. The van der Waals surface area contributed by atoms with E-state index < -0.39 is 0 Å². The van der Waals surface area contributed by atoms with Crippen LogP contribution in [0.1, 0.15) is 37.5 Å². The molecule has 0 radical (unpaired) electrons. The Bertz CT molecular complexity index is 902. The van der Waals surface area contributed by atoms with Crippen LogP contribution in [0.3, 0.4) is 0 Å². The van der Waals surface area contributed by atoms with Crippen LogP contribution in [0.4, 0.5) is 0 Å². The van der Waals surface area contributed by atoms with Gasteiger partial charge in [0.05, 0.1) is 11.6 Å². The molecule has 0 unspecified atom stereocenters. The van der Waals surface area contributed by atoms with E-state index in [2.05, 4.69) is 49.2 Å². The molecule has 0 aliphatic carbocycles. The van der Waals surface area contributed by atoms with Gasteiger partial charge in [-0.2, -0.15) is 5.26 Å². The van der Waals surface area contributed by atoms with Crippen molar-refractivity contribution < 1.29 is 4.42 Å². The fourth-order valence-electron chi connectivity index (χ4n) is 2.37. The van der Waals surface area contributed by atoms with Crippen molar-refractivity contribution in [3.05, 3.63) is 65.2 Å². The summed E-state index contributed by atoms with van der Waals surface area (Å²) in [5.74, 6) is 1.20. The molecule has 4 nitrogen and oxygen atoms in total. The second-order valence-corrected chi connectivity index (χ2v) is 7.73. The zero-order valence-corrected chi connectivity index (χ0v) is 15.3. The van der Waals surface area contributed by atoms with Crippen LogP contribution in [-0.4, -0.2) is 10.2 Å². The quantitative estimate of drug-likeness (QED) is 0.606. The normalized spacial score (nSPS) is 11.3. The van der Waals surface area contributed by atoms with Gasteiger partial charge in [0.15, 0.2) is 0 Å². The maximum Gasteiger partial charge on any atom is 0.277 e. The molecule has 1 heterocycles. The van der Waals surface area contributed by atoms with Crippen molar-refractivity contribution in [2.24, 2.45) is 0 Å². The highest BCUT2D eigenvalue weighted by Gasteiger charge is 2.15. The average molecular weight is 349 g/mol. The largest absolute Gasteiger partial charge is 0.411 e. The molecule has 0 saturated carbocycles. The summed E-state index contributed by atoms with van der Waals surface area (Å²) < 4.78 is 5.75. The molecule has 0 atom stereocenters. The van der Waals surface area contributed by atoms with E-state index in [1.54, 1.807) is 6.07 Å². The Hall–Kier alpha value is -2.58. The van der Waals surface area contributed by atoms with Crippen molar-refractivity contribution in [3.8, 4) is 17.5 Å². The minimum atomic E-state index is 0.117. The monoisotopic (exact) mass is 349 g/mol. The predicted molar refractivity (Wildman–Crippen MR) is 99.2 cm³/mol. The molecule has 0 saturated heterocycles. The Morgan fingerprint density at radius 1 is 1.08 bits per heavy atom. The molecule has 0 aliphatic rings. The lowest BCUT2D eigenvalue weighted by molar-refractivity contribution is 0.466. The highest BCUT2D eigenvalue weighted by molar-refractivity contribution is 7.98. The van der Waals surface area contributed by atoms with Gasteiger partial charge in [0, 0.05) is 11.3 Å². The third-order valence-corrected chi connectivity index (χ3v) is 4.71. The van der Waals surface area contributed by atoms with Gasteiger partial charge in [-0.25, -0.2) is 0 Å². The number of rotatable bonds is 4. The second kappa shape index (κ2) is 7.12. The standard InChI is InChI=1S/C20H19N3OS/c1-20(2,3)17-9-7-16(8-10-17)18-22-23-19(24-18)25-13-15-6-4-5-14(11-15)12-21/h4-11H,13H2,1-3H3. The average Bonchev–Trinajstić information content (AvgIpc) is 3.08. The number of nitrogens with zero attached hydrogens (tertiary/aromatic N) is 3. The number of benzene rings is 2. The number of hydrogen-bond donors (Lipinski definition) is 0. The van der Waals surface area contributed by atoms with Gasteiger partial charge in [-0.05, 0) is 40.8 Å². The molecule has 0 bridgehead atoms. The van der Waals surface area contributed by atoms with E-state index in [9.17, 15) is 0 Å². The maximum atomic E-state index is 8.95. The van der Waals surface area contributed by atoms with Gasteiger partial charge in [0.1, 0.15) is 0 Å². The van der Waals surface area contributed by atoms with E-state index in [4.69, 9.17) is 9.68 Å². The van der Waals surface area contributed by atoms with Gasteiger partial charge < -0.3 is 4.42 Å². The fraction of sp³-hybridized carbons (Fsp3) is 0.250. The summed E-state index contributed by atoms with van der Waals surface area (Å²) in [6.45, 7) is 6.56. The topological polar surface area (TPSA) is 62.7 Å². The van der Waals surface area contributed by atoms with Crippen LogP contribution >= 0.6 is 11.8 Å². The zero-order chi connectivity index (χ0) is 17.9. The molecule has 1 aromatic heterocycles. The summed E-state index contributed by atoms with van der Waals surface area (Å²) in [5.41, 5.74) is 4.01. The summed E-state index contributed by atoms with van der Waals surface area (Å²) in [6.07, 6.45) is 0. The lowest BCUT2D eigenvalue weighted by Crippen LogP contribution is -2.10. The number of aromatic nitrogens is 2. The van der Waals surface area contributed by atoms with Gasteiger partial charge in [0.25, 0.3) is 5.22 Å². The molecule has 0 spiro atoms. The first-order chi connectivity index (χ1) is 12.0. The van der Waals surface area contributed by atoms with E-state index in [1.165, 1.54) is 17.3 Å². The first-order valence-electron chi connectivity index (χ1n) is 8.02. The Morgan fingerprint density at radius 3 is 2.52 bits per heavy atom. The molecule has 0 fully saturated rings. The van der Waals surface area contributed by atoms with Crippen molar-refractivity contribution in [2.45, 2.75) is 37.2 Å². The van der Waals surface area contributed by atoms with Gasteiger partial charge in [-0.3, -0.25) is 0 Å². The van der Waals surface area contributed by atoms with Gasteiger partial charge >= 0.3 is 0 Å². The smallest absolute Gasteiger partial charge is 0.277 e. The van der Waals surface area contributed by atoms with Crippen molar-refractivity contribution in [2.75, 3.05) is 0 Å². The van der Waals surface area contributed by atoms with Gasteiger partial charge in [0.2, 0.25) is 5.89 Å². The molecule has 0 N–H and O–H groups in total. The van der Waals surface area contributed by atoms with E-state index in [1.807, 2.05) is 30.3 Å². The number of hydrogen-bond acceptors (Lipinski definition) is 5. The molecule has 126 valence electrons. The number of nitriles is 1. The van der Waals surface area contributed by atoms with Crippen molar-refractivity contribution in [1.82, 2.24) is 10.2 Å². The summed E-state index contributed by atoms with van der Waals surface area (Å²) in [5, 5.41) is 17.7. The first kappa shape index (κ1) is 17.2.